The molecule has 0 bridgehead atoms. The van der Waals surface area contributed by atoms with Crippen LogP contribution in [0.5, 0.6) is 11.6 Å². The van der Waals surface area contributed by atoms with Crippen LogP contribution in [0.15, 0.2) is 54.6 Å². The minimum Gasteiger partial charge on any atom is -0.497 e. The van der Waals surface area contributed by atoms with Crippen LogP contribution < -0.4 is 19.7 Å². The molecule has 1 saturated heterocycles. The first-order valence-electron chi connectivity index (χ1n) is 15.0. The van der Waals surface area contributed by atoms with E-state index in [1.807, 2.05) is 29.2 Å². The Balaban J connectivity index is 1.13. The molecule has 232 valence electrons. The largest absolute Gasteiger partial charge is 0.497 e. The number of ether oxygens (including phenoxy) is 3. The number of nitrogens with zero attached hydrogens (tertiary/aromatic N) is 5. The van der Waals surface area contributed by atoms with Gasteiger partial charge in [0.15, 0.2) is 5.82 Å². The average molecular weight is 607 g/mol. The molecule has 1 amide bonds. The van der Waals surface area contributed by atoms with E-state index in [1.54, 1.807) is 37.4 Å². The van der Waals surface area contributed by atoms with Crippen LogP contribution in [0, 0.1) is 11.8 Å². The highest BCUT2D eigenvalue weighted by Crippen LogP contribution is 2.32. The molecule has 1 aliphatic heterocycles. The maximum Gasteiger partial charge on any atom is 0.296 e. The number of amides is 1. The molecule has 2 aliphatic rings. The molecule has 3 heterocycles. The van der Waals surface area contributed by atoms with Crippen LogP contribution in [0.1, 0.15) is 43.5 Å². The normalized spacial score (nSPS) is 18.9. The molecular weight excluding hydrogens is 570 g/mol. The molecule has 1 saturated carbocycles. The van der Waals surface area contributed by atoms with Gasteiger partial charge < -0.3 is 24.4 Å². The van der Waals surface area contributed by atoms with Gasteiger partial charge in [-0.25, -0.2) is 13.8 Å². The zero-order valence-corrected chi connectivity index (χ0v) is 24.6. The fraction of sp³-hybridized carbons (Fsp3) is 0.438. The van der Waals surface area contributed by atoms with E-state index in [9.17, 15) is 13.6 Å². The van der Waals surface area contributed by atoms with E-state index in [4.69, 9.17) is 14.2 Å². The number of benzene rings is 2. The minimum atomic E-state index is -2.79. The molecular formula is C32H36F2N6O4. The van der Waals surface area contributed by atoms with Crippen molar-refractivity contribution in [3.05, 3.63) is 66.0 Å². The van der Waals surface area contributed by atoms with Gasteiger partial charge in [-0.05, 0) is 61.4 Å². The van der Waals surface area contributed by atoms with E-state index in [0.717, 1.165) is 37.0 Å². The molecule has 0 spiro atoms. The summed E-state index contributed by atoms with van der Waals surface area (Å²) in [7, 11) is 1.62. The molecule has 4 aromatic rings. The van der Waals surface area contributed by atoms with Crippen LogP contribution in [0.25, 0.3) is 16.9 Å². The summed E-state index contributed by atoms with van der Waals surface area (Å²) in [6, 6.07) is 16.3. The fourth-order valence-electron chi connectivity index (χ4n) is 5.84. The maximum absolute atomic E-state index is 14.1. The molecule has 1 N–H and O–H groups in total. The molecule has 12 heteroatoms. The SMILES string of the molecule is COc1cccc(CNC(=O)C2CCC(COc3cc(-n4c(C(F)F)nc5ccccc54)nc(N4CCOCC4)n3)CC2)c1. The van der Waals surface area contributed by atoms with Crippen molar-refractivity contribution in [2.45, 2.75) is 38.7 Å². The fourth-order valence-corrected chi connectivity index (χ4v) is 5.84. The monoisotopic (exact) mass is 606 g/mol. The number of halogens is 2. The van der Waals surface area contributed by atoms with Crippen LogP contribution in [0.2, 0.25) is 0 Å². The van der Waals surface area contributed by atoms with Gasteiger partial charge in [0.2, 0.25) is 17.7 Å². The Morgan fingerprint density at radius 3 is 2.59 bits per heavy atom. The van der Waals surface area contributed by atoms with Gasteiger partial charge in [0, 0.05) is 31.6 Å². The first kappa shape index (κ1) is 29.7. The van der Waals surface area contributed by atoms with Crippen LogP contribution >= 0.6 is 0 Å². The highest BCUT2D eigenvalue weighted by atomic mass is 19.3. The number of carbonyl (C=O) groups excluding carboxylic acids is 1. The van der Waals surface area contributed by atoms with E-state index in [0.29, 0.717) is 62.3 Å². The predicted octanol–water partition coefficient (Wildman–Crippen LogP) is 5.10. The van der Waals surface area contributed by atoms with E-state index in [2.05, 4.69) is 20.3 Å². The van der Waals surface area contributed by atoms with Crippen LogP contribution in [0.3, 0.4) is 0 Å². The van der Waals surface area contributed by atoms with Crippen LogP contribution in [0.4, 0.5) is 14.7 Å². The van der Waals surface area contributed by atoms with Crippen molar-refractivity contribution < 1.29 is 27.8 Å². The van der Waals surface area contributed by atoms with Crippen molar-refractivity contribution in [3.63, 3.8) is 0 Å². The molecule has 2 aromatic heterocycles. The lowest BCUT2D eigenvalue weighted by atomic mass is 9.82. The number of carbonyl (C=O) groups is 1. The minimum absolute atomic E-state index is 0.0438. The van der Waals surface area contributed by atoms with E-state index < -0.39 is 6.43 Å². The maximum atomic E-state index is 14.1. The Morgan fingerprint density at radius 1 is 1.02 bits per heavy atom. The van der Waals surface area contributed by atoms with Crippen molar-refractivity contribution in [1.82, 2.24) is 24.8 Å². The number of nitrogens with one attached hydrogen (secondary N) is 1. The highest BCUT2D eigenvalue weighted by molar-refractivity contribution is 5.79. The van der Waals surface area contributed by atoms with Gasteiger partial charge in [0.25, 0.3) is 6.43 Å². The van der Waals surface area contributed by atoms with E-state index in [1.165, 1.54) is 4.57 Å². The Labute approximate surface area is 254 Å². The first-order valence-corrected chi connectivity index (χ1v) is 15.0. The molecule has 2 fully saturated rings. The standard InChI is InChI=1S/C32H36F2N6O4/c1-42-24-6-4-5-22(17-24)19-35-31(41)23-11-9-21(10-12-23)20-44-28-18-27(37-32(38-28)39-13-15-43-16-14-39)40-26-8-3-2-7-25(26)36-30(40)29(33)34/h2-8,17-18,21,23,29H,9-16,19-20H2,1H3,(H,35,41). The lowest BCUT2D eigenvalue weighted by molar-refractivity contribution is -0.126. The third kappa shape index (κ3) is 6.75. The Bertz CT molecular complexity index is 1580. The number of para-hydroxylation sites is 2. The topological polar surface area (TPSA) is 104 Å². The van der Waals surface area contributed by atoms with Crippen LogP contribution in [-0.2, 0) is 16.1 Å². The second kappa shape index (κ2) is 13.5. The lowest BCUT2D eigenvalue weighted by Gasteiger charge is -2.29. The molecule has 10 nitrogen and oxygen atoms in total. The number of anilines is 1. The highest BCUT2D eigenvalue weighted by Gasteiger charge is 2.28. The molecule has 0 radical (unpaired) electrons. The van der Waals surface area contributed by atoms with Crippen molar-refractivity contribution in [2.24, 2.45) is 11.8 Å². The number of aromatic nitrogens is 4. The first-order chi connectivity index (χ1) is 21.5. The average Bonchev–Trinajstić information content (AvgIpc) is 3.47. The zero-order valence-electron chi connectivity index (χ0n) is 24.6. The smallest absolute Gasteiger partial charge is 0.296 e. The number of fused-ring (bicyclic) bond motifs is 1. The summed E-state index contributed by atoms with van der Waals surface area (Å²) in [6.07, 6.45) is 0.423. The lowest BCUT2D eigenvalue weighted by Crippen LogP contribution is -2.37. The van der Waals surface area contributed by atoms with Crippen LogP contribution in [-0.4, -0.2) is 65.4 Å². The summed E-state index contributed by atoms with van der Waals surface area (Å²) >= 11 is 0. The van der Waals surface area contributed by atoms with Crippen molar-refractivity contribution in [3.8, 4) is 17.4 Å². The molecule has 2 aromatic carbocycles. The number of alkyl halides is 2. The van der Waals surface area contributed by atoms with Gasteiger partial charge in [0.05, 0.1) is 38.0 Å². The van der Waals surface area contributed by atoms with Gasteiger partial charge >= 0.3 is 0 Å². The number of methoxy groups -OCH3 is 1. The zero-order chi connectivity index (χ0) is 30.5. The Hall–Kier alpha value is -4.32. The summed E-state index contributed by atoms with van der Waals surface area (Å²) in [5, 5.41) is 3.06. The molecule has 44 heavy (non-hydrogen) atoms. The van der Waals surface area contributed by atoms with Crippen molar-refractivity contribution in [1.29, 1.82) is 0 Å². The molecule has 1 aliphatic carbocycles. The van der Waals surface area contributed by atoms with Gasteiger partial charge in [-0.2, -0.15) is 9.97 Å². The molecule has 0 unspecified atom stereocenters. The van der Waals surface area contributed by atoms with Gasteiger partial charge in [-0.3, -0.25) is 9.36 Å². The van der Waals surface area contributed by atoms with Gasteiger partial charge in [0.1, 0.15) is 11.6 Å². The third-order valence-corrected chi connectivity index (χ3v) is 8.27. The Morgan fingerprint density at radius 2 is 1.82 bits per heavy atom. The van der Waals surface area contributed by atoms with Gasteiger partial charge in [-0.1, -0.05) is 24.3 Å². The Kier molecular flexibility index (Phi) is 9.15. The summed E-state index contributed by atoms with van der Waals surface area (Å²) in [4.78, 5) is 28.3. The number of hydrogen-bond acceptors (Lipinski definition) is 8. The second-order valence-corrected chi connectivity index (χ2v) is 11.2. The predicted molar refractivity (Wildman–Crippen MR) is 160 cm³/mol. The van der Waals surface area contributed by atoms with Crippen molar-refractivity contribution in [2.75, 3.05) is 44.9 Å². The summed E-state index contributed by atoms with van der Waals surface area (Å²) in [6.45, 7) is 3.08. The number of morpholine rings is 1. The molecule has 6 rings (SSSR count). The summed E-state index contributed by atoms with van der Waals surface area (Å²) < 4.78 is 46.6. The van der Waals surface area contributed by atoms with Crippen molar-refractivity contribution >= 4 is 22.9 Å². The number of rotatable bonds is 10. The number of hydrogen-bond donors (Lipinski definition) is 1. The number of imidazole rings is 1. The second-order valence-electron chi connectivity index (χ2n) is 11.2. The van der Waals surface area contributed by atoms with E-state index in [-0.39, 0.29) is 29.4 Å². The molecule has 0 atom stereocenters. The van der Waals surface area contributed by atoms with E-state index >= 15 is 0 Å². The van der Waals surface area contributed by atoms with Gasteiger partial charge in [-0.15, -0.1) is 0 Å². The summed E-state index contributed by atoms with van der Waals surface area (Å²) in [5.74, 6) is 1.63. The third-order valence-electron chi connectivity index (χ3n) is 8.27. The summed E-state index contributed by atoms with van der Waals surface area (Å²) in [5.41, 5.74) is 1.98. The quantitative estimate of drug-likeness (QED) is 0.266.